The first-order valence-electron chi connectivity index (χ1n) is 6.11. The molecular formula is C14H24O2. The van der Waals surface area contributed by atoms with Gasteiger partial charge in [0.05, 0.1) is 0 Å². The number of hydrogen-bond donors (Lipinski definition) is 0. The lowest BCUT2D eigenvalue weighted by atomic mass is 10.0. The van der Waals surface area contributed by atoms with Crippen molar-refractivity contribution in [1.82, 2.24) is 0 Å². The molecule has 0 unspecified atom stereocenters. The van der Waals surface area contributed by atoms with Crippen molar-refractivity contribution >= 4 is 6.15 Å². The van der Waals surface area contributed by atoms with Crippen molar-refractivity contribution in [2.45, 2.75) is 65.2 Å². The van der Waals surface area contributed by atoms with Gasteiger partial charge in [0.25, 0.3) is 0 Å². The van der Waals surface area contributed by atoms with Crippen molar-refractivity contribution < 1.29 is 9.59 Å². The molecule has 0 saturated heterocycles. The van der Waals surface area contributed by atoms with Crippen molar-refractivity contribution in [1.29, 1.82) is 0 Å². The molecule has 0 amide bonds. The number of carbonyl (C=O) groups excluding carboxylic acids is 2. The lowest BCUT2D eigenvalue weighted by molar-refractivity contribution is -0.191. The summed E-state index contributed by atoms with van der Waals surface area (Å²) in [6.07, 6.45) is 15.9. The van der Waals surface area contributed by atoms with Gasteiger partial charge in [0.15, 0.2) is 0 Å². The van der Waals surface area contributed by atoms with Gasteiger partial charge in [-0.05, 0) is 12.3 Å². The monoisotopic (exact) mass is 224 g/mol. The van der Waals surface area contributed by atoms with E-state index < -0.39 is 0 Å². The van der Waals surface area contributed by atoms with Crippen LogP contribution in [-0.2, 0) is 9.59 Å². The highest BCUT2D eigenvalue weighted by Gasteiger charge is 1.94. The predicted molar refractivity (Wildman–Crippen MR) is 65.6 cm³/mol. The molecule has 0 rings (SSSR count). The second-order valence-electron chi connectivity index (χ2n) is 4.34. The van der Waals surface area contributed by atoms with E-state index >= 15 is 0 Å². The molecule has 0 radical (unpaired) electrons. The quantitative estimate of drug-likeness (QED) is 0.464. The van der Waals surface area contributed by atoms with Crippen LogP contribution in [0.5, 0.6) is 0 Å². The zero-order valence-corrected chi connectivity index (χ0v) is 10.6. The summed E-state index contributed by atoms with van der Waals surface area (Å²) in [5.74, 6) is 3.56. The Balaban J connectivity index is 0. The van der Waals surface area contributed by atoms with Gasteiger partial charge in [-0.25, -0.2) is 0 Å². The molecule has 0 atom stereocenters. The van der Waals surface area contributed by atoms with Crippen LogP contribution in [0, 0.1) is 18.3 Å². The Hall–Kier alpha value is -1.06. The van der Waals surface area contributed by atoms with Crippen LogP contribution in [0.2, 0.25) is 0 Å². The normalized spacial score (nSPS) is 8.88. The van der Waals surface area contributed by atoms with Crippen molar-refractivity contribution in [2.24, 2.45) is 5.92 Å². The van der Waals surface area contributed by atoms with Gasteiger partial charge in [0.1, 0.15) is 0 Å². The third kappa shape index (κ3) is 23.1. The van der Waals surface area contributed by atoms with E-state index in [0.717, 1.165) is 12.3 Å². The van der Waals surface area contributed by atoms with Crippen LogP contribution >= 0.6 is 0 Å². The summed E-state index contributed by atoms with van der Waals surface area (Å²) in [6.45, 7) is 4.60. The van der Waals surface area contributed by atoms with Gasteiger partial charge in [-0.15, -0.1) is 12.3 Å². The molecule has 0 bridgehead atoms. The molecule has 0 aromatic carbocycles. The minimum Gasteiger partial charge on any atom is -0.186 e. The molecular weight excluding hydrogens is 200 g/mol. The maximum Gasteiger partial charge on any atom is 0.373 e. The van der Waals surface area contributed by atoms with Crippen LogP contribution in [0.3, 0.4) is 0 Å². The molecule has 2 nitrogen and oxygen atoms in total. The Morgan fingerprint density at radius 3 is 1.81 bits per heavy atom. The van der Waals surface area contributed by atoms with E-state index in [9.17, 15) is 0 Å². The Morgan fingerprint density at radius 2 is 1.38 bits per heavy atom. The highest BCUT2D eigenvalue weighted by molar-refractivity contribution is 5.20. The molecule has 2 heteroatoms. The molecule has 16 heavy (non-hydrogen) atoms. The molecule has 0 aliphatic heterocycles. The lowest BCUT2D eigenvalue weighted by Crippen LogP contribution is -1.87. The molecule has 0 aliphatic carbocycles. The number of unbranched alkanes of at least 4 members (excludes halogenated alkanes) is 6. The number of hydrogen-bond acceptors (Lipinski definition) is 2. The van der Waals surface area contributed by atoms with Crippen LogP contribution in [0.25, 0.3) is 0 Å². The minimum absolute atomic E-state index is 0.250. The molecule has 0 spiro atoms. The van der Waals surface area contributed by atoms with Crippen molar-refractivity contribution in [3.05, 3.63) is 0 Å². The van der Waals surface area contributed by atoms with Crippen LogP contribution in [0.1, 0.15) is 65.2 Å². The summed E-state index contributed by atoms with van der Waals surface area (Å²) in [5.41, 5.74) is 0. The highest BCUT2D eigenvalue weighted by atomic mass is 16.2. The Bertz CT molecular complexity index is 195. The van der Waals surface area contributed by atoms with Crippen LogP contribution in [-0.4, -0.2) is 6.15 Å². The Labute approximate surface area is 99.8 Å². The first-order valence-corrected chi connectivity index (χ1v) is 6.11. The summed E-state index contributed by atoms with van der Waals surface area (Å²) in [5, 5.41) is 0. The van der Waals surface area contributed by atoms with E-state index in [1.807, 2.05) is 0 Å². The summed E-state index contributed by atoms with van der Waals surface area (Å²) in [4.78, 5) is 16.2. The largest absolute Gasteiger partial charge is 0.373 e. The number of terminal acetylenes is 1. The molecule has 0 heterocycles. The van der Waals surface area contributed by atoms with E-state index in [0.29, 0.717) is 0 Å². The highest BCUT2D eigenvalue weighted by Crippen LogP contribution is 2.11. The molecule has 92 valence electrons. The zero-order valence-electron chi connectivity index (χ0n) is 10.6. The van der Waals surface area contributed by atoms with Gasteiger partial charge in [-0.1, -0.05) is 52.4 Å². The predicted octanol–water partition coefficient (Wildman–Crippen LogP) is 3.81. The van der Waals surface area contributed by atoms with E-state index in [4.69, 9.17) is 16.0 Å². The molecule has 0 aliphatic rings. The van der Waals surface area contributed by atoms with Gasteiger partial charge in [0.2, 0.25) is 0 Å². The van der Waals surface area contributed by atoms with Gasteiger partial charge >= 0.3 is 6.15 Å². The van der Waals surface area contributed by atoms with Crippen molar-refractivity contribution in [3.63, 3.8) is 0 Å². The van der Waals surface area contributed by atoms with E-state index in [1.165, 1.54) is 44.9 Å². The van der Waals surface area contributed by atoms with Gasteiger partial charge in [-0.2, -0.15) is 9.59 Å². The summed E-state index contributed by atoms with van der Waals surface area (Å²) in [7, 11) is 0. The SMILES string of the molecule is C#CCCCCCCCCC(C)C.O=C=O. The first-order chi connectivity index (χ1) is 7.68. The maximum atomic E-state index is 8.12. The van der Waals surface area contributed by atoms with Crippen molar-refractivity contribution in [3.8, 4) is 12.3 Å². The standard InChI is InChI=1S/C13H24.CO2/c1-4-5-6-7-8-9-10-11-12-13(2)3;2-1-3/h1,13H,5-12H2,2-3H3;. The third-order valence-corrected chi connectivity index (χ3v) is 2.35. The number of rotatable bonds is 8. The van der Waals surface area contributed by atoms with E-state index in [1.54, 1.807) is 0 Å². The summed E-state index contributed by atoms with van der Waals surface area (Å²) < 4.78 is 0. The fourth-order valence-corrected chi connectivity index (χ4v) is 1.49. The average molecular weight is 224 g/mol. The topological polar surface area (TPSA) is 34.1 Å². The zero-order chi connectivity index (χ0) is 12.6. The molecule has 0 aromatic heterocycles. The van der Waals surface area contributed by atoms with E-state index in [2.05, 4.69) is 19.8 Å². The fourth-order valence-electron chi connectivity index (χ4n) is 1.49. The average Bonchev–Trinajstić information content (AvgIpc) is 2.23. The maximum absolute atomic E-state index is 8.12. The summed E-state index contributed by atoms with van der Waals surface area (Å²) >= 11 is 0. The lowest BCUT2D eigenvalue weighted by Gasteiger charge is -2.03. The molecule has 0 aromatic rings. The first kappa shape index (κ1) is 17.3. The third-order valence-electron chi connectivity index (χ3n) is 2.35. The van der Waals surface area contributed by atoms with E-state index in [-0.39, 0.29) is 6.15 Å². The second kappa shape index (κ2) is 16.4. The Kier molecular flexibility index (Phi) is 17.7. The second-order valence-corrected chi connectivity index (χ2v) is 4.34. The summed E-state index contributed by atoms with van der Waals surface area (Å²) in [6, 6.07) is 0. The van der Waals surface area contributed by atoms with Gasteiger partial charge in [-0.3, -0.25) is 0 Å². The van der Waals surface area contributed by atoms with Crippen LogP contribution in [0.4, 0.5) is 0 Å². The molecule has 0 N–H and O–H groups in total. The van der Waals surface area contributed by atoms with Crippen molar-refractivity contribution in [2.75, 3.05) is 0 Å². The molecule has 0 saturated carbocycles. The van der Waals surface area contributed by atoms with Gasteiger partial charge in [0, 0.05) is 6.42 Å². The van der Waals surface area contributed by atoms with Crippen LogP contribution < -0.4 is 0 Å². The van der Waals surface area contributed by atoms with Crippen LogP contribution in [0.15, 0.2) is 0 Å². The minimum atomic E-state index is 0.250. The smallest absolute Gasteiger partial charge is 0.186 e. The Morgan fingerprint density at radius 1 is 0.938 bits per heavy atom. The molecule has 0 fully saturated rings. The fraction of sp³-hybridized carbons (Fsp3) is 0.786. The van der Waals surface area contributed by atoms with Gasteiger partial charge < -0.3 is 0 Å².